The minimum atomic E-state index is -3.04. The van der Waals surface area contributed by atoms with Gasteiger partial charge in [0.05, 0.1) is 0 Å². The van der Waals surface area contributed by atoms with Crippen molar-refractivity contribution in [1.82, 2.24) is 4.90 Å². The summed E-state index contributed by atoms with van der Waals surface area (Å²) in [5.74, 6) is 0.968. The van der Waals surface area contributed by atoms with Crippen LogP contribution in [-0.4, -0.2) is 45.0 Å². The van der Waals surface area contributed by atoms with Gasteiger partial charge in [0.25, 0.3) is 0 Å². The number of fused-ring (bicyclic) bond motifs is 1. The van der Waals surface area contributed by atoms with Crippen molar-refractivity contribution in [2.75, 3.05) is 34.9 Å². The molecule has 7 nitrogen and oxygen atoms in total. The van der Waals surface area contributed by atoms with Crippen molar-refractivity contribution in [3.05, 3.63) is 64.9 Å². The number of benzene rings is 2. The molecule has 0 radical (unpaired) electrons. The Balaban J connectivity index is 0.000000868. The molecule has 0 fully saturated rings. The van der Waals surface area contributed by atoms with Crippen LogP contribution in [0.15, 0.2) is 60.0 Å². The van der Waals surface area contributed by atoms with Crippen LogP contribution in [-0.2, 0) is 18.5 Å². The van der Waals surface area contributed by atoms with Gasteiger partial charge in [-0.3, -0.25) is 0 Å². The molecule has 9 heteroatoms. The van der Waals surface area contributed by atoms with Crippen LogP contribution >= 0.6 is 19.2 Å². The summed E-state index contributed by atoms with van der Waals surface area (Å²) < 4.78 is 31.2. The Kier molecular flexibility index (Phi) is 12.9. The maximum atomic E-state index is 8.93. The smallest absolute Gasteiger partial charge is 0.484 e. The summed E-state index contributed by atoms with van der Waals surface area (Å²) in [7, 11) is 4.41. The van der Waals surface area contributed by atoms with E-state index >= 15 is 0 Å². The molecule has 0 saturated carbocycles. The first kappa shape index (κ1) is 26.0. The van der Waals surface area contributed by atoms with E-state index in [0.717, 1.165) is 18.7 Å². The maximum absolute atomic E-state index is 8.93. The van der Waals surface area contributed by atoms with Gasteiger partial charge in [-0.1, -0.05) is 42.5 Å². The Hall–Kier alpha value is -2.06. The molecule has 1 aromatic heterocycles. The highest BCUT2D eigenvalue weighted by molar-refractivity contribution is 7.24. The Morgan fingerprint density at radius 1 is 1.07 bits per heavy atom. The van der Waals surface area contributed by atoms with E-state index in [1.54, 1.807) is 25.6 Å². The zero-order valence-electron chi connectivity index (χ0n) is 17.6. The largest absolute Gasteiger partial charge is 0.496 e. The Morgan fingerprint density at radius 2 is 1.70 bits per heavy atom. The Labute approximate surface area is 183 Å². The van der Waals surface area contributed by atoms with Crippen molar-refractivity contribution in [3.8, 4) is 5.75 Å². The molecule has 0 saturated heterocycles. The van der Waals surface area contributed by atoms with Gasteiger partial charge in [-0.05, 0) is 37.0 Å². The van der Waals surface area contributed by atoms with Gasteiger partial charge in [0, 0.05) is 38.9 Å². The molecule has 1 N–H and O–H groups in total. The number of thiophene rings is 1. The van der Waals surface area contributed by atoms with Gasteiger partial charge >= 0.3 is 7.91 Å². The van der Waals surface area contributed by atoms with E-state index < -0.39 is 7.91 Å². The fourth-order valence-electron chi connectivity index (χ4n) is 2.56. The van der Waals surface area contributed by atoms with Gasteiger partial charge < -0.3 is 14.4 Å². The predicted molar refractivity (Wildman–Crippen MR) is 122 cm³/mol. The molecule has 2 aromatic carbocycles. The molecule has 0 amide bonds. The molecule has 166 valence electrons. The number of hydrogen-bond acceptors (Lipinski definition) is 8. The number of rotatable bonds is 7. The lowest BCUT2D eigenvalue weighted by atomic mass is 10.1. The minimum Gasteiger partial charge on any atom is -0.484 e. The molecule has 0 aliphatic carbocycles. The first-order chi connectivity index (χ1) is 14.4. The summed E-state index contributed by atoms with van der Waals surface area (Å²) in [4.78, 5) is 3.49. The predicted octanol–water partition coefficient (Wildman–Crippen LogP) is 6.05. The van der Waals surface area contributed by atoms with Crippen LogP contribution in [0.25, 0.3) is 10.8 Å². The molecule has 3 aromatic rings. The summed E-state index contributed by atoms with van der Waals surface area (Å²) in [5.41, 5.74) is 0. The lowest BCUT2D eigenvalue weighted by Gasteiger charge is -2.21. The second-order valence-corrected chi connectivity index (χ2v) is 7.99. The number of hydrogen-bond donors (Lipinski definition) is 1. The zero-order valence-corrected chi connectivity index (χ0v) is 19.3. The number of methoxy groups -OCH3 is 1. The molecule has 0 unspecified atom stereocenters. The second-order valence-electron chi connectivity index (χ2n) is 6.40. The van der Waals surface area contributed by atoms with Crippen molar-refractivity contribution in [3.63, 3.8) is 0 Å². The Bertz CT molecular complexity index is 908. The molecule has 1 atom stereocenters. The van der Waals surface area contributed by atoms with Gasteiger partial charge in [-0.15, -0.1) is 16.0 Å². The van der Waals surface area contributed by atoms with E-state index in [2.05, 4.69) is 88.4 Å². The van der Waals surface area contributed by atoms with E-state index in [9.17, 15) is 0 Å². The summed E-state index contributed by atoms with van der Waals surface area (Å²) in [5, 5.41) is 11.6. The topological polar surface area (TPSA) is 85.3 Å². The van der Waals surface area contributed by atoms with Gasteiger partial charge in [0.15, 0.2) is 0 Å². The summed E-state index contributed by atoms with van der Waals surface area (Å²) >= 11 is 1.76. The third-order valence-corrected chi connectivity index (χ3v) is 4.88. The fourth-order valence-corrected chi connectivity index (χ4v) is 3.35. The second kappa shape index (κ2) is 14.8. The van der Waals surface area contributed by atoms with Crippen molar-refractivity contribution in [1.29, 1.82) is 0 Å². The highest BCUT2D eigenvalue weighted by Gasteiger charge is 2.16. The van der Waals surface area contributed by atoms with Crippen molar-refractivity contribution in [2.45, 2.75) is 12.5 Å². The monoisotopic (exact) mass is 455 g/mol. The molecule has 30 heavy (non-hydrogen) atoms. The molecular formula is C21H30NO6PS. The average molecular weight is 456 g/mol. The first-order valence-electron chi connectivity index (χ1n) is 9.11. The van der Waals surface area contributed by atoms with Crippen molar-refractivity contribution in [2.24, 2.45) is 0 Å². The summed E-state index contributed by atoms with van der Waals surface area (Å²) in [6.45, 7) is 1.01. The average Bonchev–Trinajstić information content (AvgIpc) is 3.27. The standard InChI is InChI=1S/C19H21NOS.C2H6O.HO4P.H2/c1-20(2)13-12-18(19-11-6-14-22-19)21-17-10-5-8-15-7-3-4-9-16(15)17;1-3-2;1-4-5(2)3;/h3-11,14,18H,12-13H2,1-2H3;1-2H3;1H;1H/t18-;;;/m0.../s1. The first-order valence-corrected chi connectivity index (χ1v) is 11.1. The van der Waals surface area contributed by atoms with E-state index in [1.165, 1.54) is 15.6 Å². The normalized spacial score (nSPS) is 11.1. The molecule has 3 rings (SSSR count). The molecule has 1 heterocycles. The molecular weight excluding hydrogens is 425 g/mol. The Morgan fingerprint density at radius 3 is 2.27 bits per heavy atom. The van der Waals surface area contributed by atoms with E-state index in [0.29, 0.717) is 0 Å². The van der Waals surface area contributed by atoms with Crippen LogP contribution in [0.2, 0.25) is 0 Å². The minimum absolute atomic E-state index is 0. The zero-order chi connectivity index (χ0) is 22.4. The number of ether oxygens (including phenoxy) is 2. The van der Waals surface area contributed by atoms with Gasteiger partial charge in [0.1, 0.15) is 11.9 Å². The third kappa shape index (κ3) is 9.63. The lowest BCUT2D eigenvalue weighted by Crippen LogP contribution is -2.18. The van der Waals surface area contributed by atoms with Crippen LogP contribution < -0.4 is 4.74 Å². The van der Waals surface area contributed by atoms with E-state index in [4.69, 9.17) is 19.1 Å². The summed E-state index contributed by atoms with van der Waals surface area (Å²) in [6.07, 6.45) is 1.09. The number of nitrogens with zero attached hydrogens (tertiary/aromatic N) is 1. The van der Waals surface area contributed by atoms with E-state index in [-0.39, 0.29) is 7.53 Å². The third-order valence-electron chi connectivity index (χ3n) is 3.78. The van der Waals surface area contributed by atoms with Crippen LogP contribution in [0.1, 0.15) is 18.8 Å². The van der Waals surface area contributed by atoms with Gasteiger partial charge in [-0.25, -0.2) is 14.4 Å². The maximum Gasteiger partial charge on any atom is 0.496 e. The van der Waals surface area contributed by atoms with Gasteiger partial charge in [-0.2, -0.15) is 0 Å². The van der Waals surface area contributed by atoms with Crippen LogP contribution in [0.5, 0.6) is 5.75 Å². The highest BCUT2D eigenvalue weighted by Crippen LogP contribution is 2.32. The van der Waals surface area contributed by atoms with Crippen LogP contribution in [0.3, 0.4) is 0 Å². The fraction of sp³-hybridized carbons (Fsp3) is 0.333. The molecule has 0 aliphatic heterocycles. The van der Waals surface area contributed by atoms with Crippen LogP contribution in [0.4, 0.5) is 0 Å². The van der Waals surface area contributed by atoms with Crippen molar-refractivity contribution >= 4 is 30.0 Å². The van der Waals surface area contributed by atoms with Gasteiger partial charge in [0.2, 0.25) is 0 Å². The van der Waals surface area contributed by atoms with E-state index in [1.807, 2.05) is 0 Å². The van der Waals surface area contributed by atoms with Crippen LogP contribution in [0, 0.1) is 0 Å². The highest BCUT2D eigenvalue weighted by atomic mass is 32.1. The summed E-state index contributed by atoms with van der Waals surface area (Å²) in [6, 6.07) is 18.9. The van der Waals surface area contributed by atoms with Crippen molar-refractivity contribution < 1.29 is 30.0 Å². The molecule has 0 aliphatic rings. The molecule has 0 spiro atoms. The molecule has 0 bridgehead atoms. The quantitative estimate of drug-likeness (QED) is 0.264. The lowest BCUT2D eigenvalue weighted by molar-refractivity contribution is -0.132. The SMILES string of the molecule is CN(C)CC[C@H](Oc1cccc2ccccc12)c1cccs1.COC.O=P(=O)OO.[HH].